The van der Waals surface area contributed by atoms with Gasteiger partial charge in [0.05, 0.1) is 7.11 Å². The van der Waals surface area contributed by atoms with Crippen LogP contribution in [0.25, 0.3) is 0 Å². The van der Waals surface area contributed by atoms with Gasteiger partial charge in [0.15, 0.2) is 0 Å². The van der Waals surface area contributed by atoms with Crippen molar-refractivity contribution in [2.24, 2.45) is 0 Å². The number of rotatable bonds is 6. The van der Waals surface area contributed by atoms with Crippen molar-refractivity contribution in [3.8, 4) is 0 Å². The van der Waals surface area contributed by atoms with E-state index in [0.717, 1.165) is 5.70 Å². The van der Waals surface area contributed by atoms with Gasteiger partial charge in [0.1, 0.15) is 0 Å². The summed E-state index contributed by atoms with van der Waals surface area (Å²) < 4.78 is 4.49. The number of ether oxygens (including phenoxy) is 1. The number of carbonyl (C=O) groups is 1. The van der Waals surface area contributed by atoms with Crippen molar-refractivity contribution in [1.82, 2.24) is 5.32 Å². The summed E-state index contributed by atoms with van der Waals surface area (Å²) in [6, 6.07) is 0. The standard InChI is InChI=1S/C11H15NO2/c1-5-7-10(6-2)12-8-9(3)11(13)14-4/h5-7,12H,1-3,8H2,4H3/b10-7+. The fourth-order valence-corrected chi connectivity index (χ4v) is 0.751. The van der Waals surface area contributed by atoms with Gasteiger partial charge in [0.25, 0.3) is 0 Å². The Kier molecular flexibility index (Phi) is 5.87. The second kappa shape index (κ2) is 6.71. The fourth-order valence-electron chi connectivity index (χ4n) is 0.751. The summed E-state index contributed by atoms with van der Waals surface area (Å²) in [6.45, 7) is 11.0. The minimum atomic E-state index is -0.417. The van der Waals surface area contributed by atoms with Crippen molar-refractivity contribution < 1.29 is 9.53 Å². The predicted octanol–water partition coefficient (Wildman–Crippen LogP) is 1.56. The lowest BCUT2D eigenvalue weighted by Crippen LogP contribution is -2.19. The molecule has 0 amide bonds. The zero-order valence-electron chi connectivity index (χ0n) is 8.38. The molecule has 14 heavy (non-hydrogen) atoms. The molecule has 0 aromatic carbocycles. The molecule has 76 valence electrons. The van der Waals surface area contributed by atoms with Gasteiger partial charge in [-0.15, -0.1) is 0 Å². The van der Waals surface area contributed by atoms with E-state index in [4.69, 9.17) is 0 Å². The summed E-state index contributed by atoms with van der Waals surface area (Å²) in [7, 11) is 1.32. The minimum absolute atomic E-state index is 0.332. The first-order valence-electron chi connectivity index (χ1n) is 4.10. The van der Waals surface area contributed by atoms with E-state index in [-0.39, 0.29) is 0 Å². The zero-order chi connectivity index (χ0) is 11.0. The van der Waals surface area contributed by atoms with Gasteiger partial charge in [-0.25, -0.2) is 4.79 Å². The quantitative estimate of drug-likeness (QED) is 0.395. The summed E-state index contributed by atoms with van der Waals surface area (Å²) >= 11 is 0. The van der Waals surface area contributed by atoms with Gasteiger partial charge in [-0.1, -0.05) is 25.8 Å². The lowest BCUT2D eigenvalue weighted by Gasteiger charge is -2.07. The molecule has 0 unspecified atom stereocenters. The van der Waals surface area contributed by atoms with Crippen LogP contribution in [-0.4, -0.2) is 19.6 Å². The van der Waals surface area contributed by atoms with Crippen LogP contribution in [0.1, 0.15) is 0 Å². The Balaban J connectivity index is 4.10. The molecule has 0 spiro atoms. The first-order valence-corrected chi connectivity index (χ1v) is 4.10. The average Bonchev–Trinajstić information content (AvgIpc) is 2.22. The number of hydrogen-bond acceptors (Lipinski definition) is 3. The molecular weight excluding hydrogens is 178 g/mol. The van der Waals surface area contributed by atoms with E-state index in [1.165, 1.54) is 7.11 Å². The normalized spacial score (nSPS) is 10.2. The second-order valence-electron chi connectivity index (χ2n) is 2.51. The molecule has 0 radical (unpaired) electrons. The van der Waals surface area contributed by atoms with Crippen LogP contribution in [0.3, 0.4) is 0 Å². The van der Waals surface area contributed by atoms with E-state index in [9.17, 15) is 4.79 Å². The Morgan fingerprint density at radius 3 is 2.57 bits per heavy atom. The largest absolute Gasteiger partial charge is 0.466 e. The van der Waals surface area contributed by atoms with E-state index in [2.05, 4.69) is 29.8 Å². The number of methoxy groups -OCH3 is 1. The third kappa shape index (κ3) is 4.30. The maximum Gasteiger partial charge on any atom is 0.334 e. The van der Waals surface area contributed by atoms with Crippen LogP contribution in [0.5, 0.6) is 0 Å². The monoisotopic (exact) mass is 193 g/mol. The summed E-state index contributed by atoms with van der Waals surface area (Å²) in [5.74, 6) is -0.417. The minimum Gasteiger partial charge on any atom is -0.466 e. The molecule has 0 aliphatic heterocycles. The van der Waals surface area contributed by atoms with Crippen LogP contribution in [0.15, 0.2) is 49.2 Å². The predicted molar refractivity (Wildman–Crippen MR) is 57.6 cm³/mol. The molecule has 0 atom stereocenters. The third-order valence-corrected chi connectivity index (χ3v) is 1.50. The molecule has 0 heterocycles. The Bertz CT molecular complexity index is 277. The molecule has 0 rings (SSSR count). The van der Waals surface area contributed by atoms with Gasteiger partial charge in [-0.3, -0.25) is 0 Å². The lowest BCUT2D eigenvalue weighted by molar-refractivity contribution is -0.136. The molecule has 0 aliphatic rings. The molecule has 0 bridgehead atoms. The smallest absolute Gasteiger partial charge is 0.334 e. The van der Waals surface area contributed by atoms with E-state index < -0.39 is 5.97 Å². The first kappa shape index (κ1) is 12.2. The zero-order valence-corrected chi connectivity index (χ0v) is 8.38. The SMILES string of the molecule is C=C/C=C(\C=C)NCC(=C)C(=O)OC. The van der Waals surface area contributed by atoms with E-state index in [0.29, 0.717) is 12.1 Å². The molecule has 3 heteroatoms. The van der Waals surface area contributed by atoms with E-state index >= 15 is 0 Å². The Hall–Kier alpha value is -1.77. The molecule has 0 saturated carbocycles. The van der Waals surface area contributed by atoms with Crippen molar-refractivity contribution in [3.05, 3.63) is 49.2 Å². The van der Waals surface area contributed by atoms with Gasteiger partial charge in [0, 0.05) is 17.8 Å². The van der Waals surface area contributed by atoms with Crippen LogP contribution < -0.4 is 5.32 Å². The first-order chi connectivity index (χ1) is 6.65. The van der Waals surface area contributed by atoms with Crippen LogP contribution in [-0.2, 0) is 9.53 Å². The summed E-state index contributed by atoms with van der Waals surface area (Å²) in [5, 5.41) is 2.96. The van der Waals surface area contributed by atoms with Crippen molar-refractivity contribution in [3.63, 3.8) is 0 Å². The average molecular weight is 193 g/mol. The van der Waals surface area contributed by atoms with Crippen molar-refractivity contribution >= 4 is 5.97 Å². The van der Waals surface area contributed by atoms with Gasteiger partial charge in [-0.05, 0) is 12.2 Å². The number of nitrogens with one attached hydrogen (secondary N) is 1. The molecule has 0 aromatic heterocycles. The van der Waals surface area contributed by atoms with E-state index in [1.807, 2.05) is 0 Å². The summed E-state index contributed by atoms with van der Waals surface area (Å²) in [4.78, 5) is 10.9. The summed E-state index contributed by atoms with van der Waals surface area (Å²) in [5.41, 5.74) is 1.15. The maximum atomic E-state index is 10.9. The van der Waals surface area contributed by atoms with Crippen LogP contribution in [0.2, 0.25) is 0 Å². The molecule has 0 aromatic rings. The van der Waals surface area contributed by atoms with Gasteiger partial charge in [0.2, 0.25) is 0 Å². The second-order valence-corrected chi connectivity index (χ2v) is 2.51. The molecule has 0 fully saturated rings. The third-order valence-electron chi connectivity index (χ3n) is 1.50. The number of allylic oxidation sites excluding steroid dienone is 3. The molecule has 0 aliphatic carbocycles. The Morgan fingerprint density at radius 1 is 1.50 bits per heavy atom. The van der Waals surface area contributed by atoms with Gasteiger partial charge in [-0.2, -0.15) is 0 Å². The van der Waals surface area contributed by atoms with E-state index in [1.54, 1.807) is 18.2 Å². The maximum absolute atomic E-state index is 10.9. The number of esters is 1. The number of hydrogen-bond donors (Lipinski definition) is 1. The molecule has 0 saturated heterocycles. The van der Waals surface area contributed by atoms with Crippen molar-refractivity contribution in [2.45, 2.75) is 0 Å². The van der Waals surface area contributed by atoms with Crippen molar-refractivity contribution in [1.29, 1.82) is 0 Å². The molecule has 1 N–H and O–H groups in total. The van der Waals surface area contributed by atoms with Crippen LogP contribution in [0.4, 0.5) is 0 Å². The number of carbonyl (C=O) groups excluding carboxylic acids is 1. The lowest BCUT2D eigenvalue weighted by atomic mass is 10.3. The highest BCUT2D eigenvalue weighted by molar-refractivity contribution is 5.88. The van der Waals surface area contributed by atoms with Crippen LogP contribution in [0, 0.1) is 0 Å². The highest BCUT2D eigenvalue weighted by Crippen LogP contribution is 1.95. The topological polar surface area (TPSA) is 38.3 Å². The Morgan fingerprint density at radius 2 is 2.14 bits per heavy atom. The van der Waals surface area contributed by atoms with Gasteiger partial charge >= 0.3 is 5.97 Å². The highest BCUT2D eigenvalue weighted by atomic mass is 16.5. The van der Waals surface area contributed by atoms with Crippen LogP contribution >= 0.6 is 0 Å². The van der Waals surface area contributed by atoms with Crippen molar-refractivity contribution in [2.75, 3.05) is 13.7 Å². The molecule has 3 nitrogen and oxygen atoms in total. The molecular formula is C11H15NO2. The van der Waals surface area contributed by atoms with Gasteiger partial charge < -0.3 is 10.1 Å². The highest BCUT2D eigenvalue weighted by Gasteiger charge is 2.05. The fraction of sp³-hybridized carbons (Fsp3) is 0.182. The Labute approximate surface area is 84.5 Å². The summed E-state index contributed by atoms with van der Waals surface area (Å²) in [6.07, 6.45) is 5.01.